The third-order valence-corrected chi connectivity index (χ3v) is 4.40. The standard InChI is InChI=1S/C19H12ClF6N3O/c20-14-7-6-12(18(21,22)23)8-11(14)10-27-17-28-15(19(24,25)26)9-16(30)29(17)13-4-2-1-3-5-13/h1-9H,10H2,(H,27,28). The minimum Gasteiger partial charge on any atom is -0.351 e. The number of hydrogen-bond acceptors (Lipinski definition) is 3. The fourth-order valence-corrected chi connectivity index (χ4v) is 2.82. The van der Waals surface area contributed by atoms with Gasteiger partial charge in [-0.15, -0.1) is 0 Å². The van der Waals surface area contributed by atoms with Gasteiger partial charge in [-0.2, -0.15) is 26.3 Å². The summed E-state index contributed by atoms with van der Waals surface area (Å²) < 4.78 is 79.0. The summed E-state index contributed by atoms with van der Waals surface area (Å²) in [7, 11) is 0. The molecule has 0 aliphatic carbocycles. The van der Waals surface area contributed by atoms with Gasteiger partial charge in [-0.3, -0.25) is 4.79 Å². The molecule has 2 aromatic carbocycles. The molecule has 3 rings (SSSR count). The zero-order valence-corrected chi connectivity index (χ0v) is 15.6. The first-order chi connectivity index (χ1) is 14.0. The molecule has 11 heteroatoms. The summed E-state index contributed by atoms with van der Waals surface area (Å²) in [6, 6.07) is 10.6. The Balaban J connectivity index is 2.05. The average Bonchev–Trinajstić information content (AvgIpc) is 2.66. The lowest BCUT2D eigenvalue weighted by atomic mass is 10.1. The molecular formula is C19H12ClF6N3O. The van der Waals surface area contributed by atoms with Gasteiger partial charge in [0.25, 0.3) is 5.56 Å². The molecule has 0 aliphatic rings. The lowest BCUT2D eigenvalue weighted by Crippen LogP contribution is -2.26. The van der Waals surface area contributed by atoms with Crippen LogP contribution in [-0.4, -0.2) is 9.55 Å². The second-order valence-electron chi connectivity index (χ2n) is 6.13. The molecule has 1 aromatic heterocycles. The van der Waals surface area contributed by atoms with Crippen LogP contribution in [0.4, 0.5) is 32.3 Å². The largest absolute Gasteiger partial charge is 0.433 e. The molecule has 30 heavy (non-hydrogen) atoms. The molecule has 0 atom stereocenters. The fourth-order valence-electron chi connectivity index (χ4n) is 2.63. The molecule has 0 radical (unpaired) electrons. The van der Waals surface area contributed by atoms with Gasteiger partial charge in [0.15, 0.2) is 5.69 Å². The van der Waals surface area contributed by atoms with E-state index in [0.29, 0.717) is 6.07 Å². The molecule has 0 spiro atoms. The van der Waals surface area contributed by atoms with Gasteiger partial charge in [0.05, 0.1) is 11.3 Å². The highest BCUT2D eigenvalue weighted by atomic mass is 35.5. The van der Waals surface area contributed by atoms with E-state index in [1.54, 1.807) is 18.2 Å². The van der Waals surface area contributed by atoms with Crippen LogP contribution in [0.3, 0.4) is 0 Å². The molecule has 1 heterocycles. The maximum absolute atomic E-state index is 13.1. The van der Waals surface area contributed by atoms with E-state index in [-0.39, 0.29) is 16.3 Å². The lowest BCUT2D eigenvalue weighted by Gasteiger charge is -2.17. The van der Waals surface area contributed by atoms with E-state index in [4.69, 9.17) is 11.6 Å². The van der Waals surface area contributed by atoms with Crippen molar-refractivity contribution in [1.82, 2.24) is 9.55 Å². The van der Waals surface area contributed by atoms with E-state index < -0.39 is 41.7 Å². The number of hydrogen-bond donors (Lipinski definition) is 1. The quantitative estimate of drug-likeness (QED) is 0.534. The van der Waals surface area contributed by atoms with Crippen LogP contribution in [0.25, 0.3) is 5.69 Å². The molecule has 0 aliphatic heterocycles. The van der Waals surface area contributed by atoms with Crippen LogP contribution >= 0.6 is 11.6 Å². The maximum Gasteiger partial charge on any atom is 0.433 e. The summed E-state index contributed by atoms with van der Waals surface area (Å²) in [6.45, 7) is -0.399. The molecule has 0 bridgehead atoms. The molecular weight excluding hydrogens is 436 g/mol. The van der Waals surface area contributed by atoms with Crippen molar-refractivity contribution in [2.75, 3.05) is 5.32 Å². The van der Waals surface area contributed by atoms with E-state index in [2.05, 4.69) is 10.3 Å². The molecule has 0 saturated carbocycles. The second-order valence-corrected chi connectivity index (χ2v) is 6.54. The van der Waals surface area contributed by atoms with Gasteiger partial charge in [0, 0.05) is 17.6 Å². The number of para-hydroxylation sites is 1. The Morgan fingerprint density at radius 1 is 0.933 bits per heavy atom. The van der Waals surface area contributed by atoms with Crippen LogP contribution < -0.4 is 10.9 Å². The topological polar surface area (TPSA) is 46.9 Å². The van der Waals surface area contributed by atoms with E-state index in [9.17, 15) is 31.1 Å². The predicted octanol–water partition coefficient (Wildman–Crippen LogP) is 5.54. The monoisotopic (exact) mass is 447 g/mol. The van der Waals surface area contributed by atoms with Crippen LogP contribution in [-0.2, 0) is 18.9 Å². The Morgan fingerprint density at radius 3 is 2.20 bits per heavy atom. The summed E-state index contributed by atoms with van der Waals surface area (Å²) in [4.78, 5) is 15.8. The van der Waals surface area contributed by atoms with Crippen molar-refractivity contribution >= 4 is 17.5 Å². The zero-order chi connectivity index (χ0) is 22.1. The van der Waals surface area contributed by atoms with Gasteiger partial charge >= 0.3 is 12.4 Å². The fraction of sp³-hybridized carbons (Fsp3) is 0.158. The van der Waals surface area contributed by atoms with Crippen molar-refractivity contribution in [3.05, 3.63) is 86.8 Å². The molecule has 158 valence electrons. The van der Waals surface area contributed by atoms with Crippen LogP contribution in [0.1, 0.15) is 16.8 Å². The lowest BCUT2D eigenvalue weighted by molar-refractivity contribution is -0.141. The Hall–Kier alpha value is -3.01. The number of benzene rings is 2. The summed E-state index contributed by atoms with van der Waals surface area (Å²) in [5.74, 6) is -0.491. The number of halogens is 7. The van der Waals surface area contributed by atoms with Crippen LogP contribution in [0.5, 0.6) is 0 Å². The highest BCUT2D eigenvalue weighted by Crippen LogP contribution is 2.32. The van der Waals surface area contributed by atoms with Crippen LogP contribution in [0.15, 0.2) is 59.4 Å². The third-order valence-electron chi connectivity index (χ3n) is 4.03. The summed E-state index contributed by atoms with van der Waals surface area (Å²) in [5, 5.41) is 2.47. The molecule has 1 N–H and O–H groups in total. The number of anilines is 1. The first-order valence-corrected chi connectivity index (χ1v) is 8.71. The molecule has 0 saturated heterocycles. The van der Waals surface area contributed by atoms with E-state index in [1.807, 2.05) is 0 Å². The van der Waals surface area contributed by atoms with Gasteiger partial charge in [-0.1, -0.05) is 29.8 Å². The second kappa shape index (κ2) is 8.02. The van der Waals surface area contributed by atoms with Gasteiger partial charge in [0.1, 0.15) is 0 Å². The Morgan fingerprint density at radius 2 is 1.60 bits per heavy atom. The molecule has 0 unspecified atom stereocenters. The Kier molecular flexibility index (Phi) is 5.80. The summed E-state index contributed by atoms with van der Waals surface area (Å²) in [5.41, 5.74) is -3.22. The first-order valence-electron chi connectivity index (χ1n) is 8.33. The van der Waals surface area contributed by atoms with Crippen LogP contribution in [0, 0.1) is 0 Å². The van der Waals surface area contributed by atoms with Crippen LogP contribution in [0.2, 0.25) is 5.02 Å². The minimum absolute atomic E-state index is 0.0298. The third kappa shape index (κ3) is 4.76. The Labute approximate surface area is 170 Å². The first kappa shape index (κ1) is 21.7. The van der Waals surface area contributed by atoms with E-state index in [1.165, 1.54) is 12.1 Å². The highest BCUT2D eigenvalue weighted by Gasteiger charge is 2.34. The van der Waals surface area contributed by atoms with Gasteiger partial charge in [0.2, 0.25) is 5.95 Å². The number of aromatic nitrogens is 2. The number of rotatable bonds is 4. The molecule has 0 fully saturated rings. The van der Waals surface area contributed by atoms with Crippen molar-refractivity contribution < 1.29 is 26.3 Å². The average molecular weight is 448 g/mol. The molecule has 4 nitrogen and oxygen atoms in total. The number of alkyl halides is 6. The summed E-state index contributed by atoms with van der Waals surface area (Å²) in [6.07, 6.45) is -9.51. The Bertz CT molecular complexity index is 1110. The number of nitrogens with zero attached hydrogens (tertiary/aromatic N) is 2. The maximum atomic E-state index is 13.1. The van der Waals surface area contributed by atoms with E-state index in [0.717, 1.165) is 22.8 Å². The van der Waals surface area contributed by atoms with Gasteiger partial charge in [-0.25, -0.2) is 9.55 Å². The minimum atomic E-state index is -4.89. The highest BCUT2D eigenvalue weighted by molar-refractivity contribution is 6.31. The molecule has 3 aromatic rings. The number of nitrogens with one attached hydrogen (secondary N) is 1. The normalized spacial score (nSPS) is 12.1. The van der Waals surface area contributed by atoms with Crippen molar-refractivity contribution in [2.24, 2.45) is 0 Å². The molecule has 0 amide bonds. The predicted molar refractivity (Wildman–Crippen MR) is 98.6 cm³/mol. The zero-order valence-electron chi connectivity index (χ0n) is 14.9. The SMILES string of the molecule is O=c1cc(C(F)(F)F)nc(NCc2cc(C(F)(F)F)ccc2Cl)n1-c1ccccc1. The van der Waals surface area contributed by atoms with Crippen molar-refractivity contribution in [2.45, 2.75) is 18.9 Å². The van der Waals surface area contributed by atoms with Crippen molar-refractivity contribution in [1.29, 1.82) is 0 Å². The van der Waals surface area contributed by atoms with Gasteiger partial charge in [-0.05, 0) is 35.9 Å². The van der Waals surface area contributed by atoms with Gasteiger partial charge < -0.3 is 5.32 Å². The smallest absolute Gasteiger partial charge is 0.351 e. The van der Waals surface area contributed by atoms with Crippen molar-refractivity contribution in [3.8, 4) is 5.69 Å². The van der Waals surface area contributed by atoms with E-state index >= 15 is 0 Å². The summed E-state index contributed by atoms with van der Waals surface area (Å²) >= 11 is 5.93. The van der Waals surface area contributed by atoms with Crippen molar-refractivity contribution in [3.63, 3.8) is 0 Å².